The molecule has 6 nitrogen and oxygen atoms in total. The Balaban J connectivity index is 0.000000371. The zero-order valence-electron chi connectivity index (χ0n) is 13.6. The first-order valence-corrected chi connectivity index (χ1v) is 7.14. The highest BCUT2D eigenvalue weighted by Gasteiger charge is 1.94. The molecular formula is C18H22N2O4. The van der Waals surface area contributed by atoms with Crippen molar-refractivity contribution in [1.82, 2.24) is 0 Å². The highest BCUT2D eigenvalue weighted by molar-refractivity contribution is 5.89. The van der Waals surface area contributed by atoms with Crippen molar-refractivity contribution in [2.75, 3.05) is 18.5 Å². The fourth-order valence-corrected chi connectivity index (χ4v) is 1.37. The second kappa shape index (κ2) is 14.9. The third-order valence-corrected chi connectivity index (χ3v) is 2.29. The van der Waals surface area contributed by atoms with E-state index in [1.807, 2.05) is 48.5 Å². The molecule has 0 fully saturated rings. The van der Waals surface area contributed by atoms with E-state index < -0.39 is 0 Å². The van der Waals surface area contributed by atoms with Crippen molar-refractivity contribution in [2.45, 2.75) is 6.92 Å². The van der Waals surface area contributed by atoms with Gasteiger partial charge < -0.3 is 15.2 Å². The summed E-state index contributed by atoms with van der Waals surface area (Å²) in [5, 5.41) is 10.6. The van der Waals surface area contributed by atoms with Gasteiger partial charge in [-0.2, -0.15) is 0 Å². The third-order valence-electron chi connectivity index (χ3n) is 2.29. The van der Waals surface area contributed by atoms with Gasteiger partial charge in [0.1, 0.15) is 6.61 Å². The fraction of sp³-hybridized carbons (Fsp3) is 0.167. The lowest BCUT2D eigenvalue weighted by atomic mass is 10.3. The lowest BCUT2D eigenvalue weighted by Gasteiger charge is -2.01. The number of hydrogen-bond acceptors (Lipinski definition) is 5. The Hall–Kier alpha value is -2.99. The van der Waals surface area contributed by atoms with Gasteiger partial charge in [0.15, 0.2) is 0 Å². The summed E-state index contributed by atoms with van der Waals surface area (Å²) in [6.07, 6.45) is 0. The van der Waals surface area contributed by atoms with E-state index in [0.29, 0.717) is 6.47 Å². The third kappa shape index (κ3) is 12.7. The molecule has 0 spiro atoms. The molecule has 0 aliphatic carbocycles. The average molecular weight is 330 g/mol. The summed E-state index contributed by atoms with van der Waals surface area (Å²) in [6.45, 7) is 5.16. The summed E-state index contributed by atoms with van der Waals surface area (Å²) in [7, 11) is 0. The summed E-state index contributed by atoms with van der Waals surface area (Å²) >= 11 is 0. The second-order valence-corrected chi connectivity index (χ2v) is 4.23. The van der Waals surface area contributed by atoms with Crippen LogP contribution >= 0.6 is 0 Å². The van der Waals surface area contributed by atoms with Crippen molar-refractivity contribution in [3.8, 4) is 0 Å². The SMILES string of the molecule is C=Nc1cccc(NC(C)=O)c1.O=COCCO.c1ccccc1. The van der Waals surface area contributed by atoms with E-state index in [1.165, 1.54) is 6.92 Å². The van der Waals surface area contributed by atoms with Crippen molar-refractivity contribution in [1.29, 1.82) is 0 Å². The van der Waals surface area contributed by atoms with Crippen LogP contribution in [0.2, 0.25) is 0 Å². The van der Waals surface area contributed by atoms with Gasteiger partial charge in [-0.3, -0.25) is 14.6 Å². The highest BCUT2D eigenvalue weighted by Crippen LogP contribution is 2.16. The predicted molar refractivity (Wildman–Crippen MR) is 95.5 cm³/mol. The Morgan fingerprint density at radius 2 is 1.79 bits per heavy atom. The average Bonchev–Trinajstić information content (AvgIpc) is 2.62. The quantitative estimate of drug-likeness (QED) is 0.501. The van der Waals surface area contributed by atoms with E-state index in [9.17, 15) is 9.59 Å². The van der Waals surface area contributed by atoms with Crippen LogP contribution in [0, 0.1) is 0 Å². The molecule has 2 aromatic carbocycles. The minimum atomic E-state index is -0.0985. The Kier molecular flexibility index (Phi) is 13.1. The maximum Gasteiger partial charge on any atom is 0.293 e. The largest absolute Gasteiger partial charge is 0.465 e. The zero-order valence-corrected chi connectivity index (χ0v) is 13.6. The number of carbonyl (C=O) groups excluding carboxylic acids is 2. The Morgan fingerprint density at radius 1 is 1.21 bits per heavy atom. The summed E-state index contributed by atoms with van der Waals surface area (Å²) < 4.78 is 4.05. The van der Waals surface area contributed by atoms with Gasteiger partial charge in [0.25, 0.3) is 6.47 Å². The van der Waals surface area contributed by atoms with Crippen LogP contribution in [0.25, 0.3) is 0 Å². The Labute approximate surface area is 141 Å². The molecule has 1 amide bonds. The van der Waals surface area contributed by atoms with Gasteiger partial charge in [-0.1, -0.05) is 42.5 Å². The molecule has 0 radical (unpaired) electrons. The van der Waals surface area contributed by atoms with Crippen molar-refractivity contribution in [3.63, 3.8) is 0 Å². The van der Waals surface area contributed by atoms with E-state index in [0.717, 1.165) is 11.4 Å². The Bertz CT molecular complexity index is 562. The van der Waals surface area contributed by atoms with Crippen LogP contribution in [0.4, 0.5) is 11.4 Å². The number of nitrogens with one attached hydrogen (secondary N) is 1. The number of amides is 1. The molecule has 128 valence electrons. The van der Waals surface area contributed by atoms with Crippen molar-refractivity contribution >= 4 is 30.5 Å². The normalized spacial score (nSPS) is 8.42. The minimum absolute atomic E-state index is 0.0868. The molecule has 0 bridgehead atoms. The Morgan fingerprint density at radius 3 is 2.17 bits per heavy atom. The molecule has 0 aromatic heterocycles. The molecule has 6 heteroatoms. The molecule has 2 aromatic rings. The zero-order chi connectivity index (χ0) is 18.0. The predicted octanol–water partition coefficient (Wildman–Crippen LogP) is 2.82. The molecule has 0 heterocycles. The molecule has 0 atom stereocenters. The first-order valence-electron chi connectivity index (χ1n) is 7.14. The van der Waals surface area contributed by atoms with Gasteiger partial charge >= 0.3 is 0 Å². The van der Waals surface area contributed by atoms with Crippen LogP contribution in [-0.4, -0.2) is 37.4 Å². The molecule has 2 rings (SSSR count). The molecule has 0 aliphatic heterocycles. The lowest BCUT2D eigenvalue weighted by Crippen LogP contribution is -2.04. The summed E-state index contributed by atoms with van der Waals surface area (Å²) in [4.78, 5) is 23.6. The molecule has 0 saturated carbocycles. The highest BCUT2D eigenvalue weighted by atomic mass is 16.5. The van der Waals surface area contributed by atoms with Crippen LogP contribution < -0.4 is 5.32 Å². The van der Waals surface area contributed by atoms with Gasteiger partial charge in [-0.25, -0.2) is 0 Å². The number of aliphatic hydroxyl groups excluding tert-OH is 1. The van der Waals surface area contributed by atoms with E-state index in [2.05, 4.69) is 21.8 Å². The summed E-state index contributed by atoms with van der Waals surface area (Å²) in [6, 6.07) is 19.2. The van der Waals surface area contributed by atoms with Crippen LogP contribution in [0.1, 0.15) is 6.92 Å². The summed E-state index contributed by atoms with van der Waals surface area (Å²) in [5.41, 5.74) is 1.49. The second-order valence-electron chi connectivity index (χ2n) is 4.23. The van der Waals surface area contributed by atoms with Crippen molar-refractivity contribution in [3.05, 3.63) is 60.7 Å². The van der Waals surface area contributed by atoms with Gasteiger partial charge in [0.05, 0.1) is 12.3 Å². The number of hydrogen-bond donors (Lipinski definition) is 2. The van der Waals surface area contributed by atoms with Crippen LogP contribution in [0.5, 0.6) is 0 Å². The minimum Gasteiger partial charge on any atom is -0.465 e. The number of aliphatic imine (C=N–C) groups is 1. The fourth-order valence-electron chi connectivity index (χ4n) is 1.37. The number of ether oxygens (including phenoxy) is 1. The molecule has 24 heavy (non-hydrogen) atoms. The van der Waals surface area contributed by atoms with Crippen LogP contribution in [-0.2, 0) is 14.3 Å². The monoisotopic (exact) mass is 330 g/mol. The summed E-state index contributed by atoms with van der Waals surface area (Å²) in [5.74, 6) is -0.0868. The molecule has 0 aliphatic rings. The topological polar surface area (TPSA) is 88.0 Å². The molecule has 0 unspecified atom stereocenters. The lowest BCUT2D eigenvalue weighted by molar-refractivity contribution is -0.129. The number of nitrogens with zero attached hydrogens (tertiary/aromatic N) is 1. The standard InChI is InChI=1S/C9H10N2O.C6H6.C3H6O3/c1-7(12)11-9-5-3-4-8(6-9)10-2;1-2-4-6-5-3-1;4-1-2-6-3-5/h3-6H,2H2,1H3,(H,11,12);1-6H;3-4H,1-2H2. The molecule has 2 N–H and O–H groups in total. The first-order chi connectivity index (χ1) is 11.6. The van der Waals surface area contributed by atoms with Crippen LogP contribution in [0.15, 0.2) is 65.7 Å². The van der Waals surface area contributed by atoms with Crippen molar-refractivity contribution in [2.24, 2.45) is 4.99 Å². The van der Waals surface area contributed by atoms with Gasteiger partial charge in [-0.15, -0.1) is 0 Å². The number of benzene rings is 2. The van der Waals surface area contributed by atoms with E-state index >= 15 is 0 Å². The smallest absolute Gasteiger partial charge is 0.293 e. The number of aliphatic hydroxyl groups is 1. The maximum absolute atomic E-state index is 10.7. The van der Waals surface area contributed by atoms with Crippen molar-refractivity contribution < 1.29 is 19.4 Å². The molecular weight excluding hydrogens is 308 g/mol. The van der Waals surface area contributed by atoms with Gasteiger partial charge in [0, 0.05) is 12.6 Å². The number of anilines is 1. The van der Waals surface area contributed by atoms with E-state index in [4.69, 9.17) is 5.11 Å². The van der Waals surface area contributed by atoms with Gasteiger partial charge in [-0.05, 0) is 24.9 Å². The first kappa shape index (κ1) is 21.0. The number of carbonyl (C=O) groups is 2. The maximum atomic E-state index is 10.7. The van der Waals surface area contributed by atoms with E-state index in [1.54, 1.807) is 12.1 Å². The van der Waals surface area contributed by atoms with E-state index in [-0.39, 0.29) is 19.1 Å². The molecule has 0 saturated heterocycles. The van der Waals surface area contributed by atoms with Gasteiger partial charge in [0.2, 0.25) is 5.91 Å². The number of rotatable bonds is 5. The van der Waals surface area contributed by atoms with Crippen LogP contribution in [0.3, 0.4) is 0 Å².